The van der Waals surface area contributed by atoms with Crippen molar-refractivity contribution in [2.75, 3.05) is 11.5 Å². The Morgan fingerprint density at radius 2 is 1.69 bits per heavy atom. The largest absolute Gasteiger partial charge is 0.507 e. The number of carbonyl (C=O) groups excluding carboxylic acids is 2. The molecule has 180 valence electrons. The van der Waals surface area contributed by atoms with Crippen LogP contribution in [0.25, 0.3) is 5.76 Å². The standard InChI is InChI=1S/C29H30N2O4/c1-5-18-35-22-15-11-20(12-16-22)26(32)24-25(19-9-13-21(14-10-19)29(2,3)4)31(28(34)27(24)33)23-8-6-7-17-30-23/h6-17,25,32H,5,18H2,1-4H3/b26-24+/t25-/m1/s1. The van der Waals surface area contributed by atoms with Gasteiger partial charge in [0.1, 0.15) is 17.3 Å². The minimum Gasteiger partial charge on any atom is -0.507 e. The summed E-state index contributed by atoms with van der Waals surface area (Å²) in [5.41, 5.74) is 2.25. The summed E-state index contributed by atoms with van der Waals surface area (Å²) in [7, 11) is 0. The van der Waals surface area contributed by atoms with Crippen LogP contribution in [0.2, 0.25) is 0 Å². The number of pyridine rings is 1. The summed E-state index contributed by atoms with van der Waals surface area (Å²) in [6.07, 6.45) is 2.45. The van der Waals surface area contributed by atoms with E-state index < -0.39 is 17.7 Å². The molecule has 1 atom stereocenters. The maximum atomic E-state index is 13.3. The number of benzene rings is 2. The lowest BCUT2D eigenvalue weighted by molar-refractivity contribution is -0.132. The fourth-order valence-corrected chi connectivity index (χ4v) is 4.13. The van der Waals surface area contributed by atoms with Gasteiger partial charge < -0.3 is 9.84 Å². The number of hydrogen-bond acceptors (Lipinski definition) is 5. The number of ketones is 1. The third-order valence-corrected chi connectivity index (χ3v) is 6.03. The van der Waals surface area contributed by atoms with Crippen molar-refractivity contribution >= 4 is 23.3 Å². The van der Waals surface area contributed by atoms with Gasteiger partial charge in [-0.05, 0) is 59.4 Å². The van der Waals surface area contributed by atoms with Crippen LogP contribution >= 0.6 is 0 Å². The molecule has 0 spiro atoms. The first-order valence-corrected chi connectivity index (χ1v) is 11.8. The number of Topliss-reactive ketones (excluding diaryl/α,β-unsaturated/α-hetero) is 1. The van der Waals surface area contributed by atoms with E-state index in [0.717, 1.165) is 12.0 Å². The van der Waals surface area contributed by atoms with E-state index in [0.29, 0.717) is 29.3 Å². The van der Waals surface area contributed by atoms with Gasteiger partial charge in [-0.2, -0.15) is 0 Å². The van der Waals surface area contributed by atoms with Crippen molar-refractivity contribution in [3.05, 3.63) is 95.2 Å². The summed E-state index contributed by atoms with van der Waals surface area (Å²) >= 11 is 0. The van der Waals surface area contributed by atoms with Crippen molar-refractivity contribution in [3.8, 4) is 5.75 Å². The van der Waals surface area contributed by atoms with Gasteiger partial charge in [-0.15, -0.1) is 0 Å². The molecule has 4 rings (SSSR count). The molecule has 1 amide bonds. The molecule has 0 bridgehead atoms. The van der Waals surface area contributed by atoms with Crippen LogP contribution in [0.5, 0.6) is 5.75 Å². The van der Waals surface area contributed by atoms with E-state index in [2.05, 4.69) is 25.8 Å². The van der Waals surface area contributed by atoms with E-state index >= 15 is 0 Å². The molecule has 1 fully saturated rings. The van der Waals surface area contributed by atoms with Gasteiger partial charge in [0.15, 0.2) is 0 Å². The van der Waals surface area contributed by atoms with Crippen molar-refractivity contribution in [2.24, 2.45) is 0 Å². The third kappa shape index (κ3) is 4.83. The van der Waals surface area contributed by atoms with E-state index in [1.807, 2.05) is 31.2 Å². The molecule has 35 heavy (non-hydrogen) atoms. The highest BCUT2D eigenvalue weighted by Crippen LogP contribution is 2.42. The molecule has 1 aliphatic rings. The lowest BCUT2D eigenvalue weighted by Gasteiger charge is -2.25. The Kier molecular flexibility index (Phi) is 6.74. The van der Waals surface area contributed by atoms with Crippen molar-refractivity contribution < 1.29 is 19.4 Å². The molecule has 0 saturated carbocycles. The van der Waals surface area contributed by atoms with Gasteiger partial charge in [-0.3, -0.25) is 14.5 Å². The molecule has 1 saturated heterocycles. The maximum Gasteiger partial charge on any atom is 0.301 e. The van der Waals surface area contributed by atoms with Crippen LogP contribution in [0.15, 0.2) is 78.5 Å². The minimum absolute atomic E-state index is 0.0337. The Labute approximate surface area is 205 Å². The molecule has 0 aliphatic carbocycles. The van der Waals surface area contributed by atoms with Crippen LogP contribution in [-0.4, -0.2) is 28.4 Å². The Balaban J connectivity index is 1.84. The first kappa shape index (κ1) is 24.2. The van der Waals surface area contributed by atoms with Crippen LogP contribution in [0.4, 0.5) is 5.82 Å². The zero-order valence-corrected chi connectivity index (χ0v) is 20.5. The second-order valence-corrected chi connectivity index (χ2v) is 9.60. The lowest BCUT2D eigenvalue weighted by Crippen LogP contribution is -2.30. The van der Waals surface area contributed by atoms with Crippen molar-refractivity contribution in [1.29, 1.82) is 0 Å². The summed E-state index contributed by atoms with van der Waals surface area (Å²) in [5, 5.41) is 11.3. The number of amides is 1. The number of ether oxygens (including phenoxy) is 1. The monoisotopic (exact) mass is 470 g/mol. The number of anilines is 1. The lowest BCUT2D eigenvalue weighted by atomic mass is 9.85. The molecule has 1 N–H and O–H groups in total. The first-order valence-electron chi connectivity index (χ1n) is 11.8. The minimum atomic E-state index is -0.810. The average molecular weight is 471 g/mol. The Morgan fingerprint density at radius 1 is 1.00 bits per heavy atom. The van der Waals surface area contributed by atoms with E-state index in [-0.39, 0.29) is 16.7 Å². The highest BCUT2D eigenvalue weighted by molar-refractivity contribution is 6.51. The fraction of sp³-hybridized carbons (Fsp3) is 0.276. The molecule has 6 nitrogen and oxygen atoms in total. The second-order valence-electron chi connectivity index (χ2n) is 9.60. The quantitative estimate of drug-likeness (QED) is 0.280. The summed E-state index contributed by atoms with van der Waals surface area (Å²) < 4.78 is 5.62. The molecule has 6 heteroatoms. The Morgan fingerprint density at radius 3 is 2.26 bits per heavy atom. The summed E-state index contributed by atoms with van der Waals surface area (Å²) in [6.45, 7) is 8.97. The van der Waals surface area contributed by atoms with Crippen molar-refractivity contribution in [3.63, 3.8) is 0 Å². The van der Waals surface area contributed by atoms with Gasteiger partial charge >= 0.3 is 5.91 Å². The summed E-state index contributed by atoms with van der Waals surface area (Å²) in [6, 6.07) is 19.0. The van der Waals surface area contributed by atoms with E-state index in [1.54, 1.807) is 48.7 Å². The number of aliphatic hydroxyl groups is 1. The molecule has 3 aromatic rings. The van der Waals surface area contributed by atoms with Crippen LogP contribution in [0, 0.1) is 0 Å². The molecular formula is C29H30N2O4. The van der Waals surface area contributed by atoms with Gasteiger partial charge in [0, 0.05) is 11.8 Å². The SMILES string of the molecule is CCCOc1ccc(/C(O)=C2\C(=O)C(=O)N(c3ccccn3)[C@@H]2c2ccc(C(C)(C)C)cc2)cc1. The zero-order chi connectivity index (χ0) is 25.2. The van der Waals surface area contributed by atoms with Crippen molar-refractivity contribution in [1.82, 2.24) is 4.98 Å². The Bertz CT molecular complexity index is 1240. The number of hydrogen-bond donors (Lipinski definition) is 1. The number of carbonyl (C=O) groups is 2. The zero-order valence-electron chi connectivity index (χ0n) is 20.5. The summed E-state index contributed by atoms with van der Waals surface area (Å²) in [4.78, 5) is 32.1. The average Bonchev–Trinajstić information content (AvgIpc) is 3.13. The fourth-order valence-electron chi connectivity index (χ4n) is 4.13. The van der Waals surface area contributed by atoms with Crippen LogP contribution < -0.4 is 9.64 Å². The van der Waals surface area contributed by atoms with Gasteiger partial charge in [0.25, 0.3) is 5.78 Å². The first-order chi connectivity index (χ1) is 16.7. The van der Waals surface area contributed by atoms with Gasteiger partial charge in [-0.25, -0.2) is 4.98 Å². The molecule has 0 radical (unpaired) electrons. The van der Waals surface area contributed by atoms with E-state index in [4.69, 9.17) is 4.74 Å². The molecule has 0 unspecified atom stereocenters. The van der Waals surface area contributed by atoms with Crippen LogP contribution in [-0.2, 0) is 15.0 Å². The number of nitrogens with zero attached hydrogens (tertiary/aromatic N) is 2. The number of aromatic nitrogens is 1. The molecule has 1 aromatic heterocycles. The molecule has 2 heterocycles. The van der Waals surface area contributed by atoms with Gasteiger partial charge in [0.2, 0.25) is 0 Å². The highest BCUT2D eigenvalue weighted by atomic mass is 16.5. The normalized spacial score (nSPS) is 17.6. The van der Waals surface area contributed by atoms with Crippen LogP contribution in [0.3, 0.4) is 0 Å². The Hall–Kier alpha value is -3.93. The van der Waals surface area contributed by atoms with Gasteiger partial charge in [0.05, 0.1) is 18.2 Å². The highest BCUT2D eigenvalue weighted by Gasteiger charge is 2.47. The number of aliphatic hydroxyl groups excluding tert-OH is 1. The molecular weight excluding hydrogens is 440 g/mol. The van der Waals surface area contributed by atoms with Crippen molar-refractivity contribution in [2.45, 2.75) is 45.6 Å². The predicted octanol–water partition coefficient (Wildman–Crippen LogP) is 5.79. The van der Waals surface area contributed by atoms with Crippen LogP contribution in [0.1, 0.15) is 56.8 Å². The predicted molar refractivity (Wildman–Crippen MR) is 136 cm³/mol. The third-order valence-electron chi connectivity index (χ3n) is 6.03. The maximum absolute atomic E-state index is 13.3. The number of rotatable bonds is 6. The smallest absolute Gasteiger partial charge is 0.301 e. The molecule has 2 aromatic carbocycles. The van der Waals surface area contributed by atoms with E-state index in [9.17, 15) is 14.7 Å². The second kappa shape index (κ2) is 9.74. The topological polar surface area (TPSA) is 79.7 Å². The molecule has 1 aliphatic heterocycles. The summed E-state index contributed by atoms with van der Waals surface area (Å²) in [5.74, 6) is -0.676. The van der Waals surface area contributed by atoms with Gasteiger partial charge in [-0.1, -0.05) is 58.0 Å². The van der Waals surface area contributed by atoms with E-state index in [1.165, 1.54) is 4.90 Å².